The normalized spacial score (nSPS) is 17.2. The lowest BCUT2D eigenvalue weighted by Gasteiger charge is -2.31. The van der Waals surface area contributed by atoms with Crippen molar-refractivity contribution in [1.29, 1.82) is 0 Å². The van der Waals surface area contributed by atoms with Crippen molar-refractivity contribution in [2.24, 2.45) is 11.8 Å². The van der Waals surface area contributed by atoms with Crippen LogP contribution in [0.5, 0.6) is 0 Å². The monoisotopic (exact) mass is 352 g/mol. The van der Waals surface area contributed by atoms with E-state index in [9.17, 15) is 13.2 Å². The fraction of sp³-hybridized carbons (Fsp3) is 0.611. The van der Waals surface area contributed by atoms with Gasteiger partial charge in [-0.3, -0.25) is 4.79 Å². The van der Waals surface area contributed by atoms with Gasteiger partial charge in [-0.05, 0) is 42.1 Å². The maximum atomic E-state index is 12.4. The van der Waals surface area contributed by atoms with Crippen molar-refractivity contribution in [3.05, 3.63) is 29.8 Å². The Hall–Kier alpha value is -1.40. The van der Waals surface area contributed by atoms with E-state index in [2.05, 4.69) is 31.4 Å². The second kappa shape index (κ2) is 7.23. The average molecular weight is 353 g/mol. The molecule has 6 heteroatoms. The molecule has 1 saturated heterocycles. The maximum absolute atomic E-state index is 12.4. The number of benzene rings is 1. The smallest absolute Gasteiger partial charge is 0.223 e. The van der Waals surface area contributed by atoms with Crippen LogP contribution in [0.2, 0.25) is 0 Å². The van der Waals surface area contributed by atoms with Crippen molar-refractivity contribution in [1.82, 2.24) is 10.6 Å². The summed E-state index contributed by atoms with van der Waals surface area (Å²) in [7, 11) is -3.38. The molecule has 24 heavy (non-hydrogen) atoms. The molecule has 2 N–H and O–H groups in total. The zero-order chi connectivity index (χ0) is 18.0. The predicted molar refractivity (Wildman–Crippen MR) is 95.7 cm³/mol. The van der Waals surface area contributed by atoms with Crippen molar-refractivity contribution >= 4 is 15.7 Å². The largest absolute Gasteiger partial charge is 0.355 e. The van der Waals surface area contributed by atoms with E-state index in [1.165, 1.54) is 0 Å². The van der Waals surface area contributed by atoms with E-state index in [0.29, 0.717) is 10.8 Å². The van der Waals surface area contributed by atoms with Gasteiger partial charge in [-0.1, -0.05) is 39.8 Å². The lowest BCUT2D eigenvalue weighted by atomic mass is 9.87. The van der Waals surface area contributed by atoms with Crippen LogP contribution < -0.4 is 10.6 Å². The molecule has 1 aromatic carbocycles. The van der Waals surface area contributed by atoms with Gasteiger partial charge in [0.2, 0.25) is 5.91 Å². The van der Waals surface area contributed by atoms with Gasteiger partial charge < -0.3 is 10.6 Å². The Morgan fingerprint density at radius 3 is 2.29 bits per heavy atom. The molecule has 5 nitrogen and oxygen atoms in total. The molecule has 1 amide bonds. The Morgan fingerprint density at radius 1 is 1.25 bits per heavy atom. The molecule has 1 aromatic rings. The molecule has 0 saturated carbocycles. The quantitative estimate of drug-likeness (QED) is 0.818. The van der Waals surface area contributed by atoms with Gasteiger partial charge in [-0.25, -0.2) is 8.42 Å². The van der Waals surface area contributed by atoms with E-state index < -0.39 is 9.84 Å². The summed E-state index contributed by atoms with van der Waals surface area (Å²) in [6.07, 6.45) is 0. The Balaban J connectivity index is 1.90. The number of amides is 1. The number of sulfone groups is 1. The Bertz CT molecular complexity index is 671. The number of rotatable bonds is 6. The Labute approximate surface area is 145 Å². The molecule has 2 rings (SSSR count). The third-order valence-corrected chi connectivity index (χ3v) is 6.42. The molecule has 0 aliphatic carbocycles. The molecule has 0 bridgehead atoms. The highest BCUT2D eigenvalue weighted by Crippen LogP contribution is 2.23. The molecule has 1 heterocycles. The van der Waals surface area contributed by atoms with E-state index in [1.54, 1.807) is 12.1 Å². The summed E-state index contributed by atoms with van der Waals surface area (Å²) in [5.74, 6) is 0.120. The summed E-state index contributed by atoms with van der Waals surface area (Å²) in [5, 5.41) is 5.89. The molecule has 0 radical (unpaired) electrons. The molecular formula is C18H28N2O3S. The van der Waals surface area contributed by atoms with Crippen LogP contribution in [0.1, 0.15) is 33.3 Å². The van der Waals surface area contributed by atoms with Crippen molar-refractivity contribution < 1.29 is 13.2 Å². The summed E-state index contributed by atoms with van der Waals surface area (Å²) < 4.78 is 24.8. The number of nitrogens with one attached hydrogen (secondary N) is 2. The SMILES string of the molecule is CC(C(=O)NCCS(=O)(=O)c1ccc(C(C)(C)C)cc1)C1CNC1. The number of carbonyl (C=O) groups excluding carboxylic acids is 1. The molecule has 134 valence electrons. The van der Waals surface area contributed by atoms with E-state index >= 15 is 0 Å². The Kier molecular flexibility index (Phi) is 5.71. The summed E-state index contributed by atoms with van der Waals surface area (Å²) in [6.45, 7) is 10.0. The minimum atomic E-state index is -3.38. The fourth-order valence-electron chi connectivity index (χ4n) is 2.63. The van der Waals surface area contributed by atoms with Crippen LogP contribution in [-0.2, 0) is 20.0 Å². The summed E-state index contributed by atoms with van der Waals surface area (Å²) >= 11 is 0. The highest BCUT2D eigenvalue weighted by atomic mass is 32.2. The molecule has 0 aromatic heterocycles. The van der Waals surface area contributed by atoms with E-state index in [1.807, 2.05) is 19.1 Å². The molecule has 1 aliphatic rings. The van der Waals surface area contributed by atoms with Crippen LogP contribution in [0.15, 0.2) is 29.2 Å². The number of carbonyl (C=O) groups is 1. The van der Waals surface area contributed by atoms with Crippen LogP contribution in [0.25, 0.3) is 0 Å². The molecular weight excluding hydrogens is 324 g/mol. The zero-order valence-corrected chi connectivity index (χ0v) is 15.7. The van der Waals surface area contributed by atoms with E-state index in [-0.39, 0.29) is 29.5 Å². The minimum Gasteiger partial charge on any atom is -0.355 e. The minimum absolute atomic E-state index is 0.0111. The lowest BCUT2D eigenvalue weighted by Crippen LogP contribution is -2.50. The van der Waals surface area contributed by atoms with E-state index in [4.69, 9.17) is 0 Å². The standard InChI is InChI=1S/C18H28N2O3S/c1-13(14-11-19-12-14)17(21)20-9-10-24(22,23)16-7-5-15(6-8-16)18(2,3)4/h5-8,13-14,19H,9-12H2,1-4H3,(H,20,21). The molecule has 1 aliphatic heterocycles. The van der Waals surface area contributed by atoms with Crippen LogP contribution in [0.4, 0.5) is 0 Å². The highest BCUT2D eigenvalue weighted by molar-refractivity contribution is 7.91. The van der Waals surface area contributed by atoms with Crippen molar-refractivity contribution in [2.75, 3.05) is 25.4 Å². The third kappa shape index (κ3) is 4.57. The maximum Gasteiger partial charge on any atom is 0.223 e. The molecule has 1 fully saturated rings. The predicted octanol–water partition coefficient (Wildman–Crippen LogP) is 1.73. The summed E-state index contributed by atoms with van der Waals surface area (Å²) in [6, 6.07) is 7.02. The van der Waals surface area contributed by atoms with Crippen LogP contribution >= 0.6 is 0 Å². The first-order valence-electron chi connectivity index (χ1n) is 8.43. The molecule has 1 atom stereocenters. The third-order valence-electron chi connectivity index (χ3n) is 4.68. The van der Waals surface area contributed by atoms with Gasteiger partial charge in [0.25, 0.3) is 0 Å². The van der Waals surface area contributed by atoms with Gasteiger partial charge in [0.1, 0.15) is 0 Å². The van der Waals surface area contributed by atoms with E-state index in [0.717, 1.165) is 18.7 Å². The Morgan fingerprint density at radius 2 is 1.83 bits per heavy atom. The average Bonchev–Trinajstić information content (AvgIpc) is 2.44. The topological polar surface area (TPSA) is 75.3 Å². The zero-order valence-electron chi connectivity index (χ0n) is 14.9. The number of hydrogen-bond acceptors (Lipinski definition) is 4. The lowest BCUT2D eigenvalue weighted by molar-refractivity contribution is -0.126. The summed E-state index contributed by atoms with van der Waals surface area (Å²) in [5.41, 5.74) is 1.08. The van der Waals surface area contributed by atoms with Crippen LogP contribution in [0, 0.1) is 11.8 Å². The van der Waals surface area contributed by atoms with Crippen molar-refractivity contribution in [2.45, 2.75) is 38.0 Å². The van der Waals surface area contributed by atoms with Crippen LogP contribution in [0.3, 0.4) is 0 Å². The first kappa shape index (κ1) is 18.9. The second-order valence-corrected chi connectivity index (χ2v) is 9.70. The fourth-order valence-corrected chi connectivity index (χ4v) is 3.79. The summed E-state index contributed by atoms with van der Waals surface area (Å²) in [4.78, 5) is 12.3. The van der Waals surface area contributed by atoms with Gasteiger partial charge >= 0.3 is 0 Å². The van der Waals surface area contributed by atoms with Gasteiger partial charge in [-0.2, -0.15) is 0 Å². The first-order chi connectivity index (χ1) is 11.1. The van der Waals surface area contributed by atoms with Crippen LogP contribution in [-0.4, -0.2) is 39.7 Å². The van der Waals surface area contributed by atoms with Gasteiger partial charge in [0.15, 0.2) is 9.84 Å². The van der Waals surface area contributed by atoms with Crippen molar-refractivity contribution in [3.63, 3.8) is 0 Å². The van der Waals surface area contributed by atoms with Gasteiger partial charge in [0.05, 0.1) is 10.6 Å². The second-order valence-electron chi connectivity index (χ2n) is 7.59. The van der Waals surface area contributed by atoms with Gasteiger partial charge in [-0.15, -0.1) is 0 Å². The number of hydrogen-bond donors (Lipinski definition) is 2. The van der Waals surface area contributed by atoms with Crippen molar-refractivity contribution in [3.8, 4) is 0 Å². The molecule has 0 spiro atoms. The van der Waals surface area contributed by atoms with Gasteiger partial charge in [0, 0.05) is 12.5 Å². The highest BCUT2D eigenvalue weighted by Gasteiger charge is 2.28. The molecule has 1 unspecified atom stereocenters. The first-order valence-corrected chi connectivity index (χ1v) is 10.1.